The van der Waals surface area contributed by atoms with Gasteiger partial charge in [-0.25, -0.2) is 0 Å². The van der Waals surface area contributed by atoms with Crippen LogP contribution in [-0.2, 0) is 29.6 Å². The number of nitrogens with zero attached hydrogens (tertiary/aromatic N) is 1. The predicted octanol–water partition coefficient (Wildman–Crippen LogP) is 4.27. The topological polar surface area (TPSA) is 49.4 Å². The summed E-state index contributed by atoms with van der Waals surface area (Å²) in [5, 5.41) is 3.68. The monoisotopic (exact) mass is 452 g/mol. The summed E-state index contributed by atoms with van der Waals surface area (Å²) in [7, 11) is 0. The van der Waals surface area contributed by atoms with Gasteiger partial charge in [0.05, 0.1) is 0 Å². The van der Waals surface area contributed by atoms with Crippen molar-refractivity contribution in [3.8, 4) is 0 Å². The number of hydrogen-bond donors (Lipinski definition) is 1. The van der Waals surface area contributed by atoms with Gasteiger partial charge in [0.15, 0.2) is 11.6 Å². The largest absolute Gasteiger partial charge is 0.301 e. The molecule has 5 rings (SSSR count). The minimum Gasteiger partial charge on any atom is -0.301 e. The van der Waals surface area contributed by atoms with Gasteiger partial charge in [-0.3, -0.25) is 14.9 Å². The molecule has 170 valence electrons. The molecule has 0 amide bonds. The smallest absolute Gasteiger partial charge is 0.163 e. The van der Waals surface area contributed by atoms with E-state index in [0.717, 1.165) is 67.7 Å². The lowest BCUT2D eigenvalue weighted by molar-refractivity contribution is -0.126. The Morgan fingerprint density at radius 1 is 0.938 bits per heavy atom. The van der Waals surface area contributed by atoms with Crippen molar-refractivity contribution in [1.29, 1.82) is 0 Å². The van der Waals surface area contributed by atoms with Crippen LogP contribution in [0.5, 0.6) is 0 Å². The fraction of sp³-hybridized carbons (Fsp3) is 0.481. The third-order valence-electron chi connectivity index (χ3n) is 7.37. The molecule has 1 N–H and O–H groups in total. The highest BCUT2D eigenvalue weighted by Gasteiger charge is 2.44. The second kappa shape index (κ2) is 9.86. The number of nitrogens with one attached hydrogen (secondary N) is 1. The second-order valence-electron chi connectivity index (χ2n) is 9.44. The summed E-state index contributed by atoms with van der Waals surface area (Å²) in [6, 6.07) is 14.5. The Labute approximate surface area is 197 Å². The van der Waals surface area contributed by atoms with Crippen LogP contribution in [0.4, 0.5) is 0 Å². The van der Waals surface area contributed by atoms with Crippen molar-refractivity contribution in [2.24, 2.45) is 0 Å². The predicted molar refractivity (Wildman–Crippen MR) is 130 cm³/mol. The normalized spacial score (nSPS) is 23.1. The summed E-state index contributed by atoms with van der Waals surface area (Å²) in [5.74, 6) is 0.482. The summed E-state index contributed by atoms with van der Waals surface area (Å²) in [6.07, 6.45) is 7.57. The molecule has 1 aliphatic carbocycles. The number of hydrogen-bond acceptors (Lipinski definition) is 4. The summed E-state index contributed by atoms with van der Waals surface area (Å²) >= 11 is 0. The van der Waals surface area contributed by atoms with Crippen molar-refractivity contribution in [3.63, 3.8) is 0 Å². The maximum Gasteiger partial charge on any atom is 0.163 e. The molecule has 1 unspecified atom stereocenters. The van der Waals surface area contributed by atoms with Crippen LogP contribution < -0.4 is 5.32 Å². The number of Topliss-reactive ketones (excluding diaryl/α,β-unsaturated/α-hetero) is 2. The van der Waals surface area contributed by atoms with Gasteiger partial charge in [0.25, 0.3) is 0 Å². The molecule has 5 heteroatoms. The number of fused-ring (bicyclic) bond motifs is 2. The van der Waals surface area contributed by atoms with E-state index in [9.17, 15) is 9.59 Å². The van der Waals surface area contributed by atoms with Crippen LogP contribution in [0.15, 0.2) is 42.5 Å². The molecule has 0 saturated carbocycles. The molecular weight excluding hydrogens is 420 g/mol. The minimum atomic E-state index is -0.655. The molecule has 0 aromatic heterocycles. The number of halogens is 1. The van der Waals surface area contributed by atoms with Gasteiger partial charge in [0.1, 0.15) is 5.54 Å². The number of carbonyl (C=O) groups excluding carboxylic acids is 2. The van der Waals surface area contributed by atoms with Crippen molar-refractivity contribution in [2.45, 2.75) is 56.9 Å². The van der Waals surface area contributed by atoms with E-state index in [1.165, 1.54) is 24.8 Å². The van der Waals surface area contributed by atoms with E-state index in [1.54, 1.807) is 0 Å². The van der Waals surface area contributed by atoms with Crippen LogP contribution in [0, 0.1) is 0 Å². The summed E-state index contributed by atoms with van der Waals surface area (Å²) in [6.45, 7) is 3.71. The van der Waals surface area contributed by atoms with Gasteiger partial charge < -0.3 is 4.90 Å². The fourth-order valence-electron chi connectivity index (χ4n) is 5.74. The van der Waals surface area contributed by atoms with Gasteiger partial charge >= 0.3 is 0 Å². The highest BCUT2D eigenvalue weighted by molar-refractivity contribution is 5.99. The van der Waals surface area contributed by atoms with E-state index < -0.39 is 5.54 Å². The van der Waals surface area contributed by atoms with Gasteiger partial charge in [-0.1, -0.05) is 48.9 Å². The molecule has 32 heavy (non-hydrogen) atoms. The molecule has 1 saturated heterocycles. The number of ketones is 2. The zero-order valence-corrected chi connectivity index (χ0v) is 19.5. The molecular formula is C27H33ClN2O2. The standard InChI is InChI=1S/C27H32N2O2.ClH/c30-25-10-6-8-22-17-20(11-12-23(22)25)18-26(31)27(19-29-15-4-1-5-16-29)24-9-3-2-7-21(24)13-14-28-27;/h2-3,7,9,11-12,17,28H,1,4-6,8,10,13-16,18-19H2;1H. The molecule has 2 aromatic rings. The average Bonchev–Trinajstić information content (AvgIpc) is 2.80. The molecule has 2 aliphatic heterocycles. The highest BCUT2D eigenvalue weighted by Crippen LogP contribution is 2.33. The first kappa shape index (κ1) is 23.2. The maximum absolute atomic E-state index is 14.0. The quantitative estimate of drug-likeness (QED) is 0.736. The Morgan fingerprint density at radius 3 is 2.59 bits per heavy atom. The van der Waals surface area contributed by atoms with Gasteiger partial charge in [0.2, 0.25) is 0 Å². The van der Waals surface area contributed by atoms with Gasteiger partial charge in [-0.2, -0.15) is 0 Å². The molecule has 1 fully saturated rings. The van der Waals surface area contributed by atoms with Gasteiger partial charge in [0, 0.05) is 31.5 Å². The van der Waals surface area contributed by atoms with Crippen molar-refractivity contribution in [1.82, 2.24) is 10.2 Å². The molecule has 2 aromatic carbocycles. The third-order valence-corrected chi connectivity index (χ3v) is 7.37. The SMILES string of the molecule is Cl.O=C1CCCc2cc(CC(=O)C3(CN4CCCCC4)NCCc4ccccc43)ccc21. The minimum absolute atomic E-state index is 0. The van der Waals surface area contributed by atoms with Gasteiger partial charge in [-0.15, -0.1) is 12.4 Å². The summed E-state index contributed by atoms with van der Waals surface area (Å²) in [5.41, 5.74) is 4.79. The van der Waals surface area contributed by atoms with Gasteiger partial charge in [-0.05, 0) is 67.4 Å². The Morgan fingerprint density at radius 2 is 1.75 bits per heavy atom. The van der Waals surface area contributed by atoms with Crippen molar-refractivity contribution < 1.29 is 9.59 Å². The van der Waals surface area contributed by atoms with E-state index in [0.29, 0.717) is 12.8 Å². The number of rotatable bonds is 5. The zero-order valence-electron chi connectivity index (χ0n) is 18.7. The lowest BCUT2D eigenvalue weighted by Gasteiger charge is -2.43. The Kier molecular flexibility index (Phi) is 7.14. The Balaban J connectivity index is 0.00000245. The van der Waals surface area contributed by atoms with Crippen molar-refractivity contribution in [3.05, 3.63) is 70.3 Å². The molecule has 0 bridgehead atoms. The first-order chi connectivity index (χ1) is 15.2. The van der Waals surface area contributed by atoms with Crippen molar-refractivity contribution in [2.75, 3.05) is 26.2 Å². The molecule has 1 atom stereocenters. The number of aryl methyl sites for hydroxylation is 1. The van der Waals surface area contributed by atoms with Crippen LogP contribution in [0.25, 0.3) is 0 Å². The summed E-state index contributed by atoms with van der Waals surface area (Å²) in [4.78, 5) is 28.7. The van der Waals surface area contributed by atoms with E-state index in [-0.39, 0.29) is 24.0 Å². The van der Waals surface area contributed by atoms with E-state index in [1.807, 2.05) is 12.1 Å². The number of benzene rings is 2. The van der Waals surface area contributed by atoms with Crippen LogP contribution in [0.1, 0.15) is 64.7 Å². The molecule has 3 aliphatic rings. The second-order valence-corrected chi connectivity index (χ2v) is 9.44. The van der Waals surface area contributed by atoms with E-state index in [2.05, 4.69) is 40.5 Å². The number of piperidine rings is 1. The third kappa shape index (κ3) is 4.41. The van der Waals surface area contributed by atoms with Crippen LogP contribution in [-0.4, -0.2) is 42.6 Å². The molecule has 4 nitrogen and oxygen atoms in total. The first-order valence-electron chi connectivity index (χ1n) is 11.9. The van der Waals surface area contributed by atoms with Crippen LogP contribution in [0.3, 0.4) is 0 Å². The average molecular weight is 453 g/mol. The molecule has 2 heterocycles. The molecule has 0 radical (unpaired) electrons. The lowest BCUT2D eigenvalue weighted by atomic mass is 9.76. The number of carbonyl (C=O) groups is 2. The molecule has 0 spiro atoms. The Hall–Kier alpha value is -2.01. The van der Waals surface area contributed by atoms with Crippen LogP contribution in [0.2, 0.25) is 0 Å². The number of likely N-dealkylation sites (tertiary alicyclic amines) is 1. The van der Waals surface area contributed by atoms with E-state index in [4.69, 9.17) is 0 Å². The maximum atomic E-state index is 14.0. The fourth-order valence-corrected chi connectivity index (χ4v) is 5.74. The Bertz CT molecular complexity index is 999. The zero-order chi connectivity index (χ0) is 21.3. The first-order valence-corrected chi connectivity index (χ1v) is 11.9. The highest BCUT2D eigenvalue weighted by atomic mass is 35.5. The van der Waals surface area contributed by atoms with Crippen LogP contribution >= 0.6 is 12.4 Å². The van der Waals surface area contributed by atoms with E-state index >= 15 is 0 Å². The summed E-state index contributed by atoms with van der Waals surface area (Å²) < 4.78 is 0. The lowest BCUT2D eigenvalue weighted by Crippen LogP contribution is -2.60. The van der Waals surface area contributed by atoms with Crippen molar-refractivity contribution >= 4 is 24.0 Å².